The standard InChI is InChI=1S/C10H18O2S/c1-2-7-12-9-10-6-4-3-5-8-13(10)11/h2,7,10H,3-6,8-9H2,1H3/b7-2+. The van der Waals surface area contributed by atoms with Gasteiger partial charge in [-0.2, -0.15) is 0 Å². The Morgan fingerprint density at radius 3 is 3.08 bits per heavy atom. The Hall–Kier alpha value is -0.310. The van der Waals surface area contributed by atoms with Crippen LogP contribution in [0.15, 0.2) is 12.3 Å². The van der Waals surface area contributed by atoms with Gasteiger partial charge in [-0.1, -0.05) is 18.9 Å². The van der Waals surface area contributed by atoms with E-state index in [9.17, 15) is 4.21 Å². The van der Waals surface area contributed by atoms with E-state index in [2.05, 4.69) is 0 Å². The molecule has 1 saturated heterocycles. The van der Waals surface area contributed by atoms with Crippen molar-refractivity contribution in [1.29, 1.82) is 0 Å². The lowest BCUT2D eigenvalue weighted by molar-refractivity contribution is 0.244. The van der Waals surface area contributed by atoms with Gasteiger partial charge in [0.05, 0.1) is 11.5 Å². The van der Waals surface area contributed by atoms with Crippen LogP contribution in [0.4, 0.5) is 0 Å². The zero-order valence-corrected chi connectivity index (χ0v) is 9.02. The van der Waals surface area contributed by atoms with E-state index in [1.807, 2.05) is 13.0 Å². The minimum Gasteiger partial charge on any atom is -0.500 e. The van der Waals surface area contributed by atoms with E-state index >= 15 is 0 Å². The third-order valence-corrected chi connectivity index (χ3v) is 4.06. The highest BCUT2D eigenvalue weighted by molar-refractivity contribution is 7.85. The lowest BCUT2D eigenvalue weighted by atomic mass is 10.2. The lowest BCUT2D eigenvalue weighted by Crippen LogP contribution is -2.21. The van der Waals surface area contributed by atoms with Crippen LogP contribution in [-0.2, 0) is 15.5 Å². The predicted molar refractivity (Wildman–Crippen MR) is 56.0 cm³/mol. The molecule has 2 atom stereocenters. The molecule has 1 aliphatic heterocycles. The van der Waals surface area contributed by atoms with Gasteiger partial charge in [-0.3, -0.25) is 4.21 Å². The van der Waals surface area contributed by atoms with Crippen LogP contribution in [0.25, 0.3) is 0 Å². The van der Waals surface area contributed by atoms with Crippen molar-refractivity contribution in [2.75, 3.05) is 12.4 Å². The molecule has 3 heteroatoms. The second kappa shape index (κ2) is 6.19. The summed E-state index contributed by atoms with van der Waals surface area (Å²) >= 11 is 0. The third kappa shape index (κ3) is 3.94. The maximum absolute atomic E-state index is 11.6. The van der Waals surface area contributed by atoms with Gasteiger partial charge in [0.15, 0.2) is 0 Å². The van der Waals surface area contributed by atoms with Crippen molar-refractivity contribution in [3.05, 3.63) is 12.3 Å². The molecule has 2 nitrogen and oxygen atoms in total. The van der Waals surface area contributed by atoms with E-state index in [0.29, 0.717) is 6.61 Å². The highest BCUT2D eigenvalue weighted by Gasteiger charge is 2.19. The largest absolute Gasteiger partial charge is 0.500 e. The summed E-state index contributed by atoms with van der Waals surface area (Å²) in [6, 6.07) is 0. The molecule has 1 rings (SSSR count). The topological polar surface area (TPSA) is 26.3 Å². The Morgan fingerprint density at radius 2 is 2.31 bits per heavy atom. The Bertz CT molecular complexity index is 189. The molecule has 0 saturated carbocycles. The summed E-state index contributed by atoms with van der Waals surface area (Å²) in [4.78, 5) is 0. The molecule has 76 valence electrons. The fraction of sp³-hybridized carbons (Fsp3) is 0.800. The summed E-state index contributed by atoms with van der Waals surface area (Å²) in [6.07, 6.45) is 8.15. The molecule has 2 unspecified atom stereocenters. The van der Waals surface area contributed by atoms with Crippen molar-refractivity contribution in [3.63, 3.8) is 0 Å². The molecular weight excluding hydrogens is 184 g/mol. The molecular formula is C10H18O2S. The zero-order valence-electron chi connectivity index (χ0n) is 8.20. The number of ether oxygens (including phenoxy) is 1. The summed E-state index contributed by atoms with van der Waals surface area (Å²) in [5, 5.41) is 0.263. The molecule has 0 radical (unpaired) electrons. The van der Waals surface area contributed by atoms with Crippen LogP contribution < -0.4 is 0 Å². The summed E-state index contributed by atoms with van der Waals surface area (Å²) in [6.45, 7) is 2.54. The normalized spacial score (nSPS) is 30.2. The number of rotatable bonds is 3. The average molecular weight is 202 g/mol. The molecule has 0 spiro atoms. The smallest absolute Gasteiger partial charge is 0.102 e. The highest BCUT2D eigenvalue weighted by Crippen LogP contribution is 2.16. The van der Waals surface area contributed by atoms with Crippen molar-refractivity contribution < 1.29 is 8.95 Å². The SMILES string of the molecule is C/C=C/OCC1CCCCCS1=O. The quantitative estimate of drug-likeness (QED) is 0.656. The highest BCUT2D eigenvalue weighted by atomic mass is 32.2. The van der Waals surface area contributed by atoms with Gasteiger partial charge in [-0.25, -0.2) is 0 Å². The van der Waals surface area contributed by atoms with Gasteiger partial charge in [0.2, 0.25) is 0 Å². The molecule has 0 aromatic rings. The predicted octanol–water partition coefficient (Wildman–Crippen LogP) is 2.23. The maximum Gasteiger partial charge on any atom is 0.102 e. The molecule has 0 N–H and O–H groups in total. The molecule has 1 aliphatic rings. The maximum atomic E-state index is 11.6. The average Bonchev–Trinajstić information content (AvgIpc) is 2.32. The zero-order chi connectivity index (χ0) is 9.52. The Morgan fingerprint density at radius 1 is 1.46 bits per heavy atom. The molecule has 0 amide bonds. The number of hydrogen-bond acceptors (Lipinski definition) is 2. The fourth-order valence-electron chi connectivity index (χ4n) is 1.51. The molecule has 1 fully saturated rings. The van der Waals surface area contributed by atoms with Gasteiger partial charge in [0, 0.05) is 16.6 Å². The molecule has 0 aliphatic carbocycles. The third-order valence-electron chi connectivity index (χ3n) is 2.26. The molecule has 0 bridgehead atoms. The van der Waals surface area contributed by atoms with Crippen LogP contribution in [0.5, 0.6) is 0 Å². The van der Waals surface area contributed by atoms with E-state index in [0.717, 1.165) is 18.6 Å². The first kappa shape index (κ1) is 10.8. The minimum absolute atomic E-state index is 0.263. The van der Waals surface area contributed by atoms with Crippen LogP contribution in [0.2, 0.25) is 0 Å². The summed E-state index contributed by atoms with van der Waals surface area (Å²) in [7, 11) is -0.658. The van der Waals surface area contributed by atoms with E-state index in [-0.39, 0.29) is 5.25 Å². The molecule has 13 heavy (non-hydrogen) atoms. The van der Waals surface area contributed by atoms with Gasteiger partial charge in [0.1, 0.15) is 6.61 Å². The van der Waals surface area contributed by atoms with Crippen LogP contribution >= 0.6 is 0 Å². The van der Waals surface area contributed by atoms with Crippen LogP contribution in [0, 0.1) is 0 Å². The second-order valence-electron chi connectivity index (χ2n) is 3.36. The van der Waals surface area contributed by atoms with E-state index in [4.69, 9.17) is 4.74 Å². The fourth-order valence-corrected chi connectivity index (χ4v) is 2.99. The van der Waals surface area contributed by atoms with Crippen molar-refractivity contribution in [3.8, 4) is 0 Å². The van der Waals surface area contributed by atoms with Crippen LogP contribution in [0.3, 0.4) is 0 Å². The van der Waals surface area contributed by atoms with Gasteiger partial charge >= 0.3 is 0 Å². The summed E-state index contributed by atoms with van der Waals surface area (Å²) in [5.41, 5.74) is 0. The molecule has 1 heterocycles. The Balaban J connectivity index is 2.32. The van der Waals surface area contributed by atoms with Gasteiger partial charge < -0.3 is 4.74 Å². The van der Waals surface area contributed by atoms with Crippen LogP contribution in [0.1, 0.15) is 32.6 Å². The molecule has 0 aromatic carbocycles. The summed E-state index contributed by atoms with van der Waals surface area (Å²) in [5.74, 6) is 0.865. The molecule has 0 aromatic heterocycles. The van der Waals surface area contributed by atoms with Crippen molar-refractivity contribution in [2.45, 2.75) is 37.9 Å². The first-order valence-corrected chi connectivity index (χ1v) is 6.32. The van der Waals surface area contributed by atoms with E-state index in [1.54, 1.807) is 6.26 Å². The Labute approximate surface area is 82.8 Å². The first-order valence-electron chi connectivity index (χ1n) is 4.94. The van der Waals surface area contributed by atoms with Gasteiger partial charge in [-0.15, -0.1) is 0 Å². The van der Waals surface area contributed by atoms with Crippen molar-refractivity contribution >= 4 is 10.8 Å². The van der Waals surface area contributed by atoms with E-state index < -0.39 is 10.8 Å². The van der Waals surface area contributed by atoms with E-state index in [1.165, 1.54) is 12.8 Å². The first-order chi connectivity index (χ1) is 6.34. The van der Waals surface area contributed by atoms with Crippen LogP contribution in [-0.4, -0.2) is 21.8 Å². The lowest BCUT2D eigenvalue weighted by Gasteiger charge is -2.12. The van der Waals surface area contributed by atoms with Crippen molar-refractivity contribution in [2.24, 2.45) is 0 Å². The van der Waals surface area contributed by atoms with Crippen molar-refractivity contribution in [1.82, 2.24) is 0 Å². The number of hydrogen-bond donors (Lipinski definition) is 0. The van der Waals surface area contributed by atoms with Gasteiger partial charge in [-0.05, 0) is 19.8 Å². The summed E-state index contributed by atoms with van der Waals surface area (Å²) < 4.78 is 16.9. The second-order valence-corrected chi connectivity index (χ2v) is 5.20. The Kier molecular flexibility index (Phi) is 5.13. The van der Waals surface area contributed by atoms with Gasteiger partial charge in [0.25, 0.3) is 0 Å². The monoisotopic (exact) mass is 202 g/mol. The minimum atomic E-state index is -0.658. The number of allylic oxidation sites excluding steroid dienone is 1.